The Morgan fingerprint density at radius 1 is 0.660 bits per heavy atom. The Morgan fingerprint density at radius 2 is 1.13 bits per heavy atom. The zero-order valence-corrected chi connectivity index (χ0v) is 30.0. The molecule has 4 heterocycles. The van der Waals surface area contributed by atoms with Crippen LogP contribution in [0, 0.1) is 10.1 Å². The van der Waals surface area contributed by atoms with Gasteiger partial charge < -0.3 is 29.2 Å². The number of nitrogens with one attached hydrogen (secondary N) is 2. The summed E-state index contributed by atoms with van der Waals surface area (Å²) in [6, 6.07) is 20.2. The van der Waals surface area contributed by atoms with Crippen LogP contribution in [-0.4, -0.2) is 138 Å². The molecule has 2 saturated heterocycles. The summed E-state index contributed by atoms with van der Waals surface area (Å²) in [7, 11) is 0. The Labute approximate surface area is 308 Å². The number of non-ortho nitro benzene ring substituents is 1. The lowest BCUT2D eigenvalue weighted by molar-refractivity contribution is -0.384. The molecule has 2 N–H and O–H groups in total. The van der Waals surface area contributed by atoms with Gasteiger partial charge in [-0.05, 0) is 42.2 Å². The zero-order chi connectivity index (χ0) is 36.6. The van der Waals surface area contributed by atoms with Crippen LogP contribution in [0.25, 0.3) is 21.8 Å². The van der Waals surface area contributed by atoms with Crippen LogP contribution in [-0.2, 0) is 22.3 Å². The molecule has 278 valence electrons. The van der Waals surface area contributed by atoms with Gasteiger partial charge in [-0.2, -0.15) is 0 Å². The zero-order valence-electron chi connectivity index (χ0n) is 30.0. The third-order valence-electron chi connectivity index (χ3n) is 10.5. The molecule has 53 heavy (non-hydrogen) atoms. The fourth-order valence-electron chi connectivity index (χ4n) is 7.34. The van der Waals surface area contributed by atoms with Gasteiger partial charge in [0.05, 0.1) is 42.5 Å². The number of hydrogen-bond acceptors (Lipinski definition) is 8. The van der Waals surface area contributed by atoms with E-state index in [4.69, 9.17) is 9.47 Å². The number of hydrogen-bond donors (Lipinski definition) is 2. The summed E-state index contributed by atoms with van der Waals surface area (Å²) in [5.41, 5.74) is 4.21. The number of nitro groups is 1. The summed E-state index contributed by atoms with van der Waals surface area (Å²) in [5, 5.41) is 14.3. The first-order valence-corrected chi connectivity index (χ1v) is 18.5. The molecule has 0 unspecified atom stereocenters. The van der Waals surface area contributed by atoms with E-state index >= 15 is 0 Å². The summed E-state index contributed by atoms with van der Waals surface area (Å²) in [5.74, 6) is -0.712. The molecule has 0 aliphatic carbocycles. The molecule has 2 aliphatic rings. The maximum Gasteiger partial charge on any atom is 0.270 e. The standard InChI is InChI=1S/C40H47N7O6/c48-39(45(17-15-43-19-23-52-24-20-43)13-11-30-28-41-37-7-3-1-5-33(30)37)35-10-9-32(47(50)51)27-36(35)40(49)46(18-16-44-21-25-53-26-22-44)14-12-31-29-42-38-8-4-2-6-34(31)38/h1-10,27-29,41-42H,11-26H2. The molecule has 3 aromatic carbocycles. The fourth-order valence-corrected chi connectivity index (χ4v) is 7.34. The van der Waals surface area contributed by atoms with Gasteiger partial charge >= 0.3 is 0 Å². The Morgan fingerprint density at radius 3 is 1.62 bits per heavy atom. The van der Waals surface area contributed by atoms with Crippen LogP contribution >= 0.6 is 0 Å². The molecule has 0 spiro atoms. The molecule has 0 radical (unpaired) electrons. The van der Waals surface area contributed by atoms with Crippen molar-refractivity contribution in [3.63, 3.8) is 0 Å². The Kier molecular flexibility index (Phi) is 11.8. The highest BCUT2D eigenvalue weighted by Crippen LogP contribution is 2.24. The average Bonchev–Trinajstić information content (AvgIpc) is 3.82. The van der Waals surface area contributed by atoms with E-state index in [2.05, 4.69) is 31.9 Å². The maximum atomic E-state index is 14.7. The number of benzene rings is 3. The number of carbonyl (C=O) groups is 2. The maximum absolute atomic E-state index is 14.7. The first-order chi connectivity index (χ1) is 25.9. The summed E-state index contributed by atoms with van der Waals surface area (Å²) in [6.45, 7) is 8.53. The van der Waals surface area contributed by atoms with Crippen molar-refractivity contribution in [3.8, 4) is 0 Å². The molecule has 5 aromatic rings. The second-order valence-electron chi connectivity index (χ2n) is 13.7. The average molecular weight is 722 g/mol. The number of nitrogens with zero attached hydrogens (tertiary/aromatic N) is 5. The Balaban J connectivity index is 1.18. The van der Waals surface area contributed by atoms with E-state index in [1.54, 1.807) is 9.80 Å². The third kappa shape index (κ3) is 8.77. The minimum atomic E-state index is -0.512. The minimum absolute atomic E-state index is 0.0496. The van der Waals surface area contributed by atoms with Gasteiger partial charge in [-0.25, -0.2) is 0 Å². The molecule has 13 nitrogen and oxygen atoms in total. The number of amides is 2. The van der Waals surface area contributed by atoms with Crippen molar-refractivity contribution in [2.24, 2.45) is 0 Å². The molecule has 0 atom stereocenters. The first-order valence-electron chi connectivity index (χ1n) is 18.5. The first kappa shape index (κ1) is 36.3. The molecule has 0 bridgehead atoms. The second kappa shape index (κ2) is 17.2. The molecule has 7 rings (SSSR count). The van der Waals surface area contributed by atoms with Crippen LogP contribution in [0.2, 0.25) is 0 Å². The molecule has 2 aliphatic heterocycles. The van der Waals surface area contributed by atoms with Crippen molar-refractivity contribution in [2.75, 3.05) is 91.9 Å². The smallest absolute Gasteiger partial charge is 0.270 e. The van der Waals surface area contributed by atoms with Crippen LogP contribution in [0.1, 0.15) is 31.8 Å². The number of nitro benzene ring substituents is 1. The topological polar surface area (TPSA) is 140 Å². The molecule has 2 aromatic heterocycles. The summed E-state index contributed by atoms with van der Waals surface area (Å²) in [4.78, 5) is 55.6. The van der Waals surface area contributed by atoms with Crippen LogP contribution in [0.15, 0.2) is 79.1 Å². The number of carbonyl (C=O) groups excluding carboxylic acids is 2. The number of para-hydroxylation sites is 2. The van der Waals surface area contributed by atoms with E-state index in [1.807, 2.05) is 48.8 Å². The van der Waals surface area contributed by atoms with E-state index in [0.717, 1.165) is 59.1 Å². The molecule has 13 heteroatoms. The van der Waals surface area contributed by atoms with Gasteiger partial charge in [-0.1, -0.05) is 36.4 Å². The van der Waals surface area contributed by atoms with Gasteiger partial charge in [0.1, 0.15) is 0 Å². The SMILES string of the molecule is O=C(c1ccc([N+](=O)[O-])cc1C(=O)N(CCc1c[nH]c2ccccc12)CCN1CCOCC1)N(CCc1c[nH]c2ccccc12)CCN1CCOCC1. The number of aromatic nitrogens is 2. The van der Waals surface area contributed by atoms with Gasteiger partial charge in [0.15, 0.2) is 0 Å². The highest BCUT2D eigenvalue weighted by molar-refractivity contribution is 6.07. The molecular weight excluding hydrogens is 674 g/mol. The van der Waals surface area contributed by atoms with Gasteiger partial charge in [-0.3, -0.25) is 29.5 Å². The van der Waals surface area contributed by atoms with Crippen LogP contribution in [0.4, 0.5) is 5.69 Å². The number of aromatic amines is 2. The van der Waals surface area contributed by atoms with E-state index in [0.29, 0.717) is 78.5 Å². The highest BCUT2D eigenvalue weighted by Gasteiger charge is 2.29. The van der Waals surface area contributed by atoms with E-state index < -0.39 is 10.8 Å². The summed E-state index contributed by atoms with van der Waals surface area (Å²) in [6.07, 6.45) is 5.13. The van der Waals surface area contributed by atoms with Crippen molar-refractivity contribution in [1.29, 1.82) is 0 Å². The fraction of sp³-hybridized carbons (Fsp3) is 0.400. The largest absolute Gasteiger partial charge is 0.379 e. The predicted molar refractivity (Wildman–Crippen MR) is 203 cm³/mol. The van der Waals surface area contributed by atoms with Crippen molar-refractivity contribution in [2.45, 2.75) is 12.8 Å². The number of rotatable bonds is 15. The van der Waals surface area contributed by atoms with Gasteiger partial charge in [-0.15, -0.1) is 0 Å². The number of H-pyrrole nitrogens is 2. The minimum Gasteiger partial charge on any atom is -0.379 e. The van der Waals surface area contributed by atoms with E-state index in [9.17, 15) is 19.7 Å². The van der Waals surface area contributed by atoms with Gasteiger partial charge in [0.25, 0.3) is 17.5 Å². The molecule has 2 fully saturated rings. The lowest BCUT2D eigenvalue weighted by Crippen LogP contribution is -2.45. The van der Waals surface area contributed by atoms with E-state index in [1.165, 1.54) is 18.2 Å². The lowest BCUT2D eigenvalue weighted by atomic mass is 10.0. The van der Waals surface area contributed by atoms with Crippen molar-refractivity contribution >= 4 is 39.3 Å². The van der Waals surface area contributed by atoms with Crippen LogP contribution < -0.4 is 0 Å². The Hall–Kier alpha value is -5.08. The van der Waals surface area contributed by atoms with E-state index in [-0.39, 0.29) is 22.7 Å². The predicted octanol–water partition coefficient (Wildman–Crippen LogP) is 4.59. The lowest BCUT2D eigenvalue weighted by Gasteiger charge is -2.31. The number of ether oxygens (including phenoxy) is 2. The van der Waals surface area contributed by atoms with Crippen LogP contribution in [0.3, 0.4) is 0 Å². The Bertz CT molecular complexity index is 2030. The monoisotopic (exact) mass is 721 g/mol. The number of fused-ring (bicyclic) bond motifs is 2. The van der Waals surface area contributed by atoms with Crippen molar-refractivity contribution < 1.29 is 24.0 Å². The van der Waals surface area contributed by atoms with Crippen molar-refractivity contribution in [1.82, 2.24) is 29.6 Å². The van der Waals surface area contributed by atoms with Crippen molar-refractivity contribution in [3.05, 3.63) is 111 Å². The second-order valence-corrected chi connectivity index (χ2v) is 13.7. The number of morpholine rings is 2. The highest BCUT2D eigenvalue weighted by atomic mass is 16.6. The summed E-state index contributed by atoms with van der Waals surface area (Å²) >= 11 is 0. The third-order valence-corrected chi connectivity index (χ3v) is 10.5. The van der Waals surface area contributed by atoms with Gasteiger partial charge in [0, 0.05) is 112 Å². The summed E-state index contributed by atoms with van der Waals surface area (Å²) < 4.78 is 11.1. The normalized spacial score (nSPS) is 15.5. The molecule has 0 saturated carbocycles. The molecule has 2 amide bonds. The molecular formula is C40H47N7O6. The van der Waals surface area contributed by atoms with Gasteiger partial charge in [0.2, 0.25) is 0 Å². The quantitative estimate of drug-likeness (QED) is 0.118. The van der Waals surface area contributed by atoms with Crippen LogP contribution in [0.5, 0.6) is 0 Å².